The topological polar surface area (TPSA) is 0 Å². The lowest BCUT2D eigenvalue weighted by Gasteiger charge is -2.20. The van der Waals surface area contributed by atoms with Crippen LogP contribution < -0.4 is 0 Å². The van der Waals surface area contributed by atoms with Crippen molar-refractivity contribution in [1.82, 2.24) is 0 Å². The second-order valence-corrected chi connectivity index (χ2v) is 4.20. The van der Waals surface area contributed by atoms with Crippen molar-refractivity contribution in [2.75, 3.05) is 0 Å². The van der Waals surface area contributed by atoms with E-state index in [1.165, 1.54) is 6.42 Å². The minimum atomic E-state index is 0.462. The zero-order valence-corrected chi connectivity index (χ0v) is 7.09. The molecule has 0 nitrogen and oxygen atoms in total. The first-order valence-corrected chi connectivity index (χ1v) is 3.93. The largest absolute Gasteiger partial charge is 0.0776 e. The predicted molar refractivity (Wildman–Crippen MR) is 45.8 cm³/mol. The Morgan fingerprint density at radius 3 is 2.00 bits per heavy atom. The molecule has 0 bridgehead atoms. The zero-order chi connectivity index (χ0) is 7.61. The van der Waals surface area contributed by atoms with E-state index in [1.807, 2.05) is 0 Å². The molecular weight excluding hydrogens is 120 g/mol. The lowest BCUT2D eigenvalue weighted by atomic mass is 9.85. The summed E-state index contributed by atoms with van der Waals surface area (Å²) >= 11 is 0. The maximum absolute atomic E-state index is 2.28. The first-order chi connectivity index (χ1) is 4.58. The fraction of sp³-hybridized carbons (Fsp3) is 0.600. The molecule has 1 aliphatic rings. The van der Waals surface area contributed by atoms with E-state index < -0.39 is 0 Å². The fourth-order valence-electron chi connectivity index (χ4n) is 1.32. The predicted octanol–water partition coefficient (Wildman–Crippen LogP) is 3.16. The smallest absolute Gasteiger partial charge is 0.00423 e. The van der Waals surface area contributed by atoms with Crippen molar-refractivity contribution in [3.63, 3.8) is 0 Å². The summed E-state index contributed by atoms with van der Waals surface area (Å²) in [5, 5.41) is 0. The van der Waals surface area contributed by atoms with E-state index in [0.29, 0.717) is 11.3 Å². The van der Waals surface area contributed by atoms with Gasteiger partial charge in [0, 0.05) is 0 Å². The van der Waals surface area contributed by atoms with Crippen LogP contribution in [0.3, 0.4) is 0 Å². The fourth-order valence-corrected chi connectivity index (χ4v) is 1.32. The van der Waals surface area contributed by atoms with Crippen LogP contribution in [0, 0.1) is 11.3 Å². The van der Waals surface area contributed by atoms with Gasteiger partial charge in [-0.2, -0.15) is 0 Å². The average molecular weight is 136 g/mol. The van der Waals surface area contributed by atoms with Gasteiger partial charge < -0.3 is 0 Å². The van der Waals surface area contributed by atoms with Crippen LogP contribution in [-0.4, -0.2) is 0 Å². The van der Waals surface area contributed by atoms with Crippen LogP contribution in [0.2, 0.25) is 0 Å². The van der Waals surface area contributed by atoms with Crippen molar-refractivity contribution in [2.24, 2.45) is 11.3 Å². The van der Waals surface area contributed by atoms with Gasteiger partial charge in [0.25, 0.3) is 0 Å². The van der Waals surface area contributed by atoms with Gasteiger partial charge in [0.2, 0.25) is 0 Å². The van der Waals surface area contributed by atoms with Crippen molar-refractivity contribution in [1.29, 1.82) is 0 Å². The highest BCUT2D eigenvalue weighted by molar-refractivity contribution is 5.17. The molecule has 1 aliphatic carbocycles. The minimum absolute atomic E-state index is 0.462. The monoisotopic (exact) mass is 136 g/mol. The van der Waals surface area contributed by atoms with Crippen molar-refractivity contribution in [3.8, 4) is 0 Å². The Hall–Kier alpha value is -0.520. The van der Waals surface area contributed by atoms with Gasteiger partial charge in [0.1, 0.15) is 0 Å². The molecule has 0 unspecified atom stereocenters. The summed E-state index contributed by atoms with van der Waals surface area (Å²) in [6, 6.07) is 0. The molecule has 0 aliphatic heterocycles. The van der Waals surface area contributed by atoms with E-state index in [2.05, 4.69) is 45.1 Å². The second kappa shape index (κ2) is 2.61. The Morgan fingerprint density at radius 1 is 1.10 bits per heavy atom. The van der Waals surface area contributed by atoms with Crippen LogP contribution in [0.25, 0.3) is 0 Å². The van der Waals surface area contributed by atoms with Gasteiger partial charge in [0.05, 0.1) is 0 Å². The van der Waals surface area contributed by atoms with Gasteiger partial charge in [-0.05, 0) is 17.8 Å². The van der Waals surface area contributed by atoms with Gasteiger partial charge in [-0.3, -0.25) is 0 Å². The van der Waals surface area contributed by atoms with Crippen molar-refractivity contribution < 1.29 is 0 Å². The summed E-state index contributed by atoms with van der Waals surface area (Å²) < 4.78 is 0. The minimum Gasteiger partial charge on any atom is -0.0776 e. The van der Waals surface area contributed by atoms with E-state index >= 15 is 0 Å². The Balaban J connectivity index is 2.40. The van der Waals surface area contributed by atoms with Gasteiger partial charge >= 0.3 is 0 Å². The van der Waals surface area contributed by atoms with Crippen molar-refractivity contribution in [2.45, 2.75) is 27.2 Å². The molecule has 0 radical (unpaired) electrons. The highest BCUT2D eigenvalue weighted by atomic mass is 14.2. The summed E-state index contributed by atoms with van der Waals surface area (Å²) in [4.78, 5) is 0. The summed E-state index contributed by atoms with van der Waals surface area (Å²) in [5.74, 6) is 0.694. The SMILES string of the molecule is CC(C)(C)CC1C=CC=C1. The molecule has 0 fully saturated rings. The Morgan fingerprint density at radius 2 is 1.60 bits per heavy atom. The molecular formula is C10H16. The lowest BCUT2D eigenvalue weighted by molar-refractivity contribution is 0.352. The summed E-state index contributed by atoms with van der Waals surface area (Å²) in [5.41, 5.74) is 0.462. The molecule has 0 heterocycles. The standard InChI is InChI=1S/C10H16/c1-10(2,3)8-9-6-4-5-7-9/h4-7,9H,8H2,1-3H3. The molecule has 0 saturated carbocycles. The maximum atomic E-state index is 2.28. The molecule has 0 heteroatoms. The first kappa shape index (κ1) is 7.59. The Bertz CT molecular complexity index is 143. The highest BCUT2D eigenvalue weighted by Gasteiger charge is 2.15. The number of rotatable bonds is 1. The van der Waals surface area contributed by atoms with Crippen LogP contribution in [0.5, 0.6) is 0 Å². The molecule has 10 heavy (non-hydrogen) atoms. The van der Waals surface area contributed by atoms with Crippen molar-refractivity contribution >= 4 is 0 Å². The number of allylic oxidation sites excluding steroid dienone is 4. The van der Waals surface area contributed by atoms with Gasteiger partial charge in [-0.15, -0.1) is 0 Å². The van der Waals surface area contributed by atoms with Crippen LogP contribution >= 0.6 is 0 Å². The number of hydrogen-bond donors (Lipinski definition) is 0. The van der Waals surface area contributed by atoms with Gasteiger partial charge in [-0.25, -0.2) is 0 Å². The van der Waals surface area contributed by atoms with E-state index in [9.17, 15) is 0 Å². The molecule has 0 atom stereocenters. The molecule has 0 saturated heterocycles. The summed E-state index contributed by atoms with van der Waals surface area (Å²) in [7, 11) is 0. The number of hydrogen-bond acceptors (Lipinski definition) is 0. The lowest BCUT2D eigenvalue weighted by Crippen LogP contribution is -2.09. The van der Waals surface area contributed by atoms with Crippen LogP contribution in [0.1, 0.15) is 27.2 Å². The molecule has 0 aromatic rings. The maximum Gasteiger partial charge on any atom is -0.00423 e. The van der Waals surface area contributed by atoms with E-state index in [0.717, 1.165) is 0 Å². The van der Waals surface area contributed by atoms with E-state index in [1.54, 1.807) is 0 Å². The summed E-state index contributed by atoms with van der Waals surface area (Å²) in [6.07, 6.45) is 10.1. The van der Waals surface area contributed by atoms with Gasteiger partial charge in [-0.1, -0.05) is 45.1 Å². The van der Waals surface area contributed by atoms with E-state index in [4.69, 9.17) is 0 Å². The second-order valence-electron chi connectivity index (χ2n) is 4.20. The highest BCUT2D eigenvalue weighted by Crippen LogP contribution is 2.27. The third kappa shape index (κ3) is 2.38. The summed E-state index contributed by atoms with van der Waals surface area (Å²) in [6.45, 7) is 6.85. The van der Waals surface area contributed by atoms with Crippen molar-refractivity contribution in [3.05, 3.63) is 24.3 Å². The molecule has 0 amide bonds. The first-order valence-electron chi connectivity index (χ1n) is 3.93. The molecule has 0 aromatic carbocycles. The van der Waals surface area contributed by atoms with Crippen LogP contribution in [-0.2, 0) is 0 Å². The zero-order valence-electron chi connectivity index (χ0n) is 7.09. The van der Waals surface area contributed by atoms with Crippen LogP contribution in [0.4, 0.5) is 0 Å². The molecule has 0 spiro atoms. The molecule has 56 valence electrons. The molecule has 0 aromatic heterocycles. The molecule has 1 rings (SSSR count). The Labute approximate surface area is 63.6 Å². The van der Waals surface area contributed by atoms with Crippen LogP contribution in [0.15, 0.2) is 24.3 Å². The Kier molecular flexibility index (Phi) is 1.98. The van der Waals surface area contributed by atoms with E-state index in [-0.39, 0.29) is 0 Å². The quantitative estimate of drug-likeness (QED) is 0.519. The normalized spacial score (nSPS) is 18.7. The van der Waals surface area contributed by atoms with Gasteiger partial charge in [0.15, 0.2) is 0 Å². The average Bonchev–Trinajstić information content (AvgIpc) is 2.12. The third-order valence-electron chi connectivity index (χ3n) is 1.68. The molecule has 0 N–H and O–H groups in total. The third-order valence-corrected chi connectivity index (χ3v) is 1.68.